The maximum Gasteiger partial charge on any atom is 0.434 e. The molecular weight excluding hydrogens is 548 g/mol. The van der Waals surface area contributed by atoms with E-state index < -0.39 is 30.3 Å². The Balaban J connectivity index is 1.15. The number of rotatable bonds is 10. The van der Waals surface area contributed by atoms with E-state index in [9.17, 15) is 19.2 Å². The maximum atomic E-state index is 13.5. The number of hydrogen-bond donors (Lipinski definition) is 4. The van der Waals surface area contributed by atoms with Crippen molar-refractivity contribution in [2.45, 2.75) is 57.5 Å². The second kappa shape index (κ2) is 12.4. The Hall–Kier alpha value is -4.47. The van der Waals surface area contributed by atoms with Gasteiger partial charge in [0.1, 0.15) is 18.2 Å². The number of nitrogens with zero attached hydrogens (tertiary/aromatic N) is 1. The molecule has 1 aromatic heterocycles. The zero-order chi connectivity index (χ0) is 29.9. The van der Waals surface area contributed by atoms with E-state index in [1.807, 2.05) is 30.5 Å². The van der Waals surface area contributed by atoms with E-state index in [4.69, 9.17) is 9.84 Å². The quantitative estimate of drug-likeness (QED) is 0.197. The van der Waals surface area contributed by atoms with Crippen molar-refractivity contribution in [3.63, 3.8) is 0 Å². The van der Waals surface area contributed by atoms with Crippen LogP contribution >= 0.6 is 0 Å². The average Bonchev–Trinajstić information content (AvgIpc) is 3.37. The number of aliphatic carboxylic acids is 1. The highest BCUT2D eigenvalue weighted by atomic mass is 16.6. The van der Waals surface area contributed by atoms with Crippen molar-refractivity contribution >= 4 is 46.2 Å². The maximum absolute atomic E-state index is 13.5. The van der Waals surface area contributed by atoms with Gasteiger partial charge in [-0.1, -0.05) is 36.4 Å². The molecule has 10 heteroatoms. The average molecular weight is 585 g/mol. The third-order valence-electron chi connectivity index (χ3n) is 9.18. The normalized spacial score (nSPS) is 24.1. The number of carbonyl (C=O) groups excluding carboxylic acids is 3. The first-order chi connectivity index (χ1) is 20.8. The SMILES string of the molecule is O=C(O)CC(=O)Nc1ccccc1CCNC(=O)C(Cc1c[nH]c2ccccc12)=NC(=O)OC1C2CC3CC(C2)CC1C3. The lowest BCUT2D eigenvalue weighted by atomic mass is 9.55. The number of anilines is 1. The molecule has 10 nitrogen and oxygen atoms in total. The van der Waals surface area contributed by atoms with Gasteiger partial charge in [0, 0.05) is 35.8 Å². The van der Waals surface area contributed by atoms with Gasteiger partial charge in [0.2, 0.25) is 5.91 Å². The van der Waals surface area contributed by atoms with Crippen molar-refractivity contribution in [3.8, 4) is 0 Å². The third-order valence-corrected chi connectivity index (χ3v) is 9.18. The predicted octanol–water partition coefficient (Wildman–Crippen LogP) is 4.88. The Labute approximate surface area is 249 Å². The van der Waals surface area contributed by atoms with Crippen LogP contribution in [0.1, 0.15) is 49.7 Å². The van der Waals surface area contributed by atoms with Crippen LogP contribution in [0.5, 0.6) is 0 Å². The number of aliphatic imine (C=N–C) groups is 1. The van der Waals surface area contributed by atoms with Crippen LogP contribution in [0.2, 0.25) is 0 Å². The van der Waals surface area contributed by atoms with Crippen molar-refractivity contribution < 1.29 is 29.0 Å². The van der Waals surface area contributed by atoms with Crippen LogP contribution in [0, 0.1) is 23.7 Å². The molecule has 0 atom stereocenters. The summed E-state index contributed by atoms with van der Waals surface area (Å²) in [5.74, 6) is -0.0464. The largest absolute Gasteiger partial charge is 0.481 e. The zero-order valence-corrected chi connectivity index (χ0v) is 23.9. The van der Waals surface area contributed by atoms with E-state index >= 15 is 0 Å². The molecule has 4 aliphatic carbocycles. The number of carbonyl (C=O) groups is 4. The lowest BCUT2D eigenvalue weighted by Crippen LogP contribution is -2.49. The number of fused-ring (bicyclic) bond motifs is 1. The molecule has 4 bridgehead atoms. The van der Waals surface area contributed by atoms with Gasteiger partial charge in [-0.3, -0.25) is 14.4 Å². The fourth-order valence-corrected chi connectivity index (χ4v) is 7.55. The van der Waals surface area contributed by atoms with E-state index in [2.05, 4.69) is 20.6 Å². The summed E-state index contributed by atoms with van der Waals surface area (Å²) in [6, 6.07) is 14.8. The number of aromatic amines is 1. The molecule has 224 valence electrons. The van der Waals surface area contributed by atoms with Gasteiger partial charge < -0.3 is 25.5 Å². The Morgan fingerprint density at radius 3 is 2.35 bits per heavy atom. The monoisotopic (exact) mass is 584 g/mol. The van der Waals surface area contributed by atoms with Gasteiger partial charge >= 0.3 is 12.1 Å². The highest BCUT2D eigenvalue weighted by molar-refractivity contribution is 6.40. The van der Waals surface area contributed by atoms with Crippen molar-refractivity contribution in [2.24, 2.45) is 28.7 Å². The van der Waals surface area contributed by atoms with Crippen molar-refractivity contribution in [1.82, 2.24) is 10.3 Å². The Kier molecular flexibility index (Phi) is 8.26. The third kappa shape index (κ3) is 6.63. The molecule has 2 aromatic carbocycles. The topological polar surface area (TPSA) is 150 Å². The zero-order valence-electron chi connectivity index (χ0n) is 23.9. The van der Waals surface area contributed by atoms with Crippen LogP contribution in [-0.2, 0) is 32.0 Å². The van der Waals surface area contributed by atoms with Gasteiger partial charge in [0.05, 0.1) is 0 Å². The van der Waals surface area contributed by atoms with E-state index in [0.717, 1.165) is 59.5 Å². The number of amides is 3. The van der Waals surface area contributed by atoms with Crippen molar-refractivity contribution in [1.29, 1.82) is 0 Å². The molecule has 7 rings (SSSR count). The molecule has 43 heavy (non-hydrogen) atoms. The first-order valence-corrected chi connectivity index (χ1v) is 15.0. The van der Waals surface area contributed by atoms with E-state index in [-0.39, 0.29) is 24.8 Å². The summed E-state index contributed by atoms with van der Waals surface area (Å²) in [5.41, 5.74) is 3.06. The second-order valence-corrected chi connectivity index (χ2v) is 12.2. The van der Waals surface area contributed by atoms with E-state index in [1.54, 1.807) is 24.3 Å². The summed E-state index contributed by atoms with van der Waals surface area (Å²) in [6.07, 6.45) is 6.59. The smallest absolute Gasteiger partial charge is 0.434 e. The number of H-pyrrole nitrogens is 1. The number of benzene rings is 2. The molecule has 1 heterocycles. The number of carboxylic acid groups (broad SMARTS) is 1. The van der Waals surface area contributed by atoms with E-state index in [0.29, 0.717) is 23.9 Å². The van der Waals surface area contributed by atoms with Gasteiger partial charge in [0.25, 0.3) is 5.91 Å². The predicted molar refractivity (Wildman–Crippen MR) is 161 cm³/mol. The minimum Gasteiger partial charge on any atom is -0.481 e. The molecule has 4 fully saturated rings. The Morgan fingerprint density at radius 2 is 1.60 bits per heavy atom. The summed E-state index contributed by atoms with van der Waals surface area (Å²) in [5, 5.41) is 15.3. The number of aromatic nitrogens is 1. The molecule has 3 aromatic rings. The summed E-state index contributed by atoms with van der Waals surface area (Å²) in [6.45, 7) is 0.210. The summed E-state index contributed by atoms with van der Waals surface area (Å²) < 4.78 is 5.97. The molecule has 0 unspecified atom stereocenters. The van der Waals surface area contributed by atoms with Crippen molar-refractivity contribution in [3.05, 3.63) is 65.9 Å². The lowest BCUT2D eigenvalue weighted by Gasteiger charge is -2.53. The standard InChI is InChI=1S/C33H36N4O6/c38-29(17-30(39)40)36-26-7-3-1-5-21(26)9-10-34-32(41)28(16-24-18-35-27-8-4-2-6-25(24)27)37-33(42)43-31-22-12-19-11-20(14-22)15-23(31)13-19/h1-8,18-20,22-23,31,35H,9-17H2,(H,34,41)(H,36,38)(H,39,40). The van der Waals surface area contributed by atoms with Crippen LogP contribution in [0.25, 0.3) is 10.9 Å². The van der Waals surface area contributed by atoms with Crippen LogP contribution in [0.3, 0.4) is 0 Å². The minimum atomic E-state index is -1.22. The number of nitrogens with one attached hydrogen (secondary N) is 3. The van der Waals surface area contributed by atoms with Crippen LogP contribution < -0.4 is 10.6 Å². The number of ether oxygens (including phenoxy) is 1. The molecule has 4 N–H and O–H groups in total. The Morgan fingerprint density at radius 1 is 0.907 bits per heavy atom. The van der Waals surface area contributed by atoms with Crippen LogP contribution in [-0.4, -0.2) is 52.3 Å². The molecule has 0 saturated heterocycles. The molecule has 3 amide bonds. The highest BCUT2D eigenvalue weighted by Gasteiger charge is 2.50. The molecule has 0 spiro atoms. The molecule has 0 radical (unpaired) electrons. The van der Waals surface area contributed by atoms with Gasteiger partial charge in [0.15, 0.2) is 0 Å². The lowest BCUT2D eigenvalue weighted by molar-refractivity contribution is -0.139. The number of para-hydroxylation sites is 2. The summed E-state index contributed by atoms with van der Waals surface area (Å²) in [7, 11) is 0. The first-order valence-electron chi connectivity index (χ1n) is 15.0. The molecule has 4 saturated carbocycles. The summed E-state index contributed by atoms with van der Waals surface area (Å²) >= 11 is 0. The molecule has 4 aliphatic rings. The minimum absolute atomic E-state index is 0.0709. The van der Waals surface area contributed by atoms with Gasteiger partial charge in [-0.15, -0.1) is 0 Å². The first kappa shape index (κ1) is 28.6. The van der Waals surface area contributed by atoms with Gasteiger partial charge in [-0.05, 0) is 85.5 Å². The van der Waals surface area contributed by atoms with Crippen LogP contribution in [0.15, 0.2) is 59.7 Å². The molecular formula is C33H36N4O6. The summed E-state index contributed by atoms with van der Waals surface area (Å²) in [4.78, 5) is 57.0. The second-order valence-electron chi connectivity index (χ2n) is 12.2. The van der Waals surface area contributed by atoms with Crippen molar-refractivity contribution in [2.75, 3.05) is 11.9 Å². The fourth-order valence-electron chi connectivity index (χ4n) is 7.55. The van der Waals surface area contributed by atoms with E-state index in [1.165, 1.54) is 6.42 Å². The highest BCUT2D eigenvalue weighted by Crippen LogP contribution is 2.54. The van der Waals surface area contributed by atoms with Gasteiger partial charge in [-0.25, -0.2) is 4.79 Å². The number of carboxylic acids is 1. The van der Waals surface area contributed by atoms with Crippen LogP contribution in [0.4, 0.5) is 10.5 Å². The number of hydrogen-bond acceptors (Lipinski definition) is 5. The fraction of sp³-hybridized carbons (Fsp3) is 0.424. The molecule has 0 aliphatic heterocycles. The Bertz CT molecular complexity index is 1550. The van der Waals surface area contributed by atoms with Gasteiger partial charge in [-0.2, -0.15) is 4.99 Å².